The average Bonchev–Trinajstić information content (AvgIpc) is 2.95. The van der Waals surface area contributed by atoms with Crippen LogP contribution in [-0.2, 0) is 13.2 Å². The molecule has 0 saturated carbocycles. The Kier molecular flexibility index (Phi) is 6.79. The van der Waals surface area contributed by atoms with Gasteiger partial charge in [-0.15, -0.1) is 0 Å². The highest BCUT2D eigenvalue weighted by atomic mass is 16.5. The first-order chi connectivity index (χ1) is 18.5. The molecule has 0 aliphatic rings. The number of hydrogen-bond donors (Lipinski definition) is 1. The van der Waals surface area contributed by atoms with Crippen molar-refractivity contribution in [2.75, 3.05) is 7.11 Å². The van der Waals surface area contributed by atoms with E-state index in [1.807, 2.05) is 72.1 Å². The molecule has 1 N–H and O–H groups in total. The summed E-state index contributed by atoms with van der Waals surface area (Å²) in [5.74, 6) is 1.26. The lowest BCUT2D eigenvalue weighted by atomic mass is 10.1. The summed E-state index contributed by atoms with van der Waals surface area (Å²) < 4.78 is 15.3. The molecule has 5 aromatic rings. The normalized spacial score (nSPS) is 10.8. The molecule has 7 heteroatoms. The summed E-state index contributed by atoms with van der Waals surface area (Å²) in [6.07, 6.45) is 1.93. The lowest BCUT2D eigenvalue weighted by Crippen LogP contribution is -2.38. The topological polar surface area (TPSA) is 88.6 Å². The van der Waals surface area contributed by atoms with Gasteiger partial charge in [0.05, 0.1) is 30.5 Å². The predicted octanol–water partition coefficient (Wildman–Crippen LogP) is 4.78. The van der Waals surface area contributed by atoms with E-state index < -0.39 is 0 Å². The van der Waals surface area contributed by atoms with Gasteiger partial charge in [-0.3, -0.25) is 0 Å². The molecule has 0 fully saturated rings. The predicted molar refractivity (Wildman–Crippen MR) is 143 cm³/mol. The van der Waals surface area contributed by atoms with Crippen LogP contribution in [0.4, 0.5) is 0 Å². The molecule has 0 spiro atoms. The Morgan fingerprint density at radius 3 is 2.50 bits per heavy atom. The van der Waals surface area contributed by atoms with Crippen LogP contribution in [-0.4, -0.2) is 16.8 Å². The average molecular weight is 505 g/mol. The van der Waals surface area contributed by atoms with Gasteiger partial charge in [0.2, 0.25) is 0 Å². The molecule has 7 nitrogen and oxygen atoms in total. The van der Waals surface area contributed by atoms with Crippen LogP contribution in [0.1, 0.15) is 22.3 Å². The summed E-state index contributed by atoms with van der Waals surface area (Å²) in [6.45, 7) is 2.38. The van der Waals surface area contributed by atoms with E-state index in [-0.39, 0.29) is 17.9 Å². The van der Waals surface area contributed by atoms with Crippen molar-refractivity contribution in [1.29, 1.82) is 5.26 Å². The number of benzene rings is 3. The van der Waals surface area contributed by atoms with E-state index in [1.165, 1.54) is 0 Å². The number of phenols is 1. The van der Waals surface area contributed by atoms with E-state index >= 15 is 0 Å². The zero-order valence-corrected chi connectivity index (χ0v) is 21.1. The fourth-order valence-electron chi connectivity index (χ4n) is 4.58. The molecule has 0 aliphatic heterocycles. The molecule has 0 unspecified atom stereocenters. The van der Waals surface area contributed by atoms with Crippen LogP contribution in [0, 0.1) is 18.3 Å². The quantitative estimate of drug-likeness (QED) is 0.323. The van der Waals surface area contributed by atoms with Gasteiger partial charge < -0.3 is 14.6 Å². The number of rotatable bonds is 7. The molecular formula is C31H26N3O4+. The van der Waals surface area contributed by atoms with Crippen molar-refractivity contribution in [3.63, 3.8) is 0 Å². The maximum absolute atomic E-state index is 13.6. The number of ether oxygens (including phenoxy) is 2. The van der Waals surface area contributed by atoms with Gasteiger partial charge >= 0.3 is 5.56 Å². The van der Waals surface area contributed by atoms with Gasteiger partial charge in [0.1, 0.15) is 18.9 Å². The summed E-state index contributed by atoms with van der Waals surface area (Å²) >= 11 is 0. The Labute approximate surface area is 220 Å². The first kappa shape index (κ1) is 24.6. The molecule has 2 heterocycles. The van der Waals surface area contributed by atoms with Crippen LogP contribution in [0.5, 0.6) is 17.2 Å². The third-order valence-corrected chi connectivity index (χ3v) is 6.51. The minimum atomic E-state index is -0.105. The highest BCUT2D eigenvalue weighted by molar-refractivity contribution is 5.62. The number of phenolic OH excluding ortho intramolecular Hbond substituents is 1. The van der Waals surface area contributed by atoms with E-state index in [4.69, 9.17) is 9.47 Å². The van der Waals surface area contributed by atoms with Crippen LogP contribution >= 0.6 is 0 Å². The van der Waals surface area contributed by atoms with Gasteiger partial charge in [0.25, 0.3) is 5.65 Å². The number of nitrogens with zero attached hydrogens (tertiary/aromatic N) is 3. The monoisotopic (exact) mass is 504 g/mol. The molecule has 188 valence electrons. The fraction of sp³-hybridized carbons (Fsp3) is 0.129. The lowest BCUT2D eigenvalue weighted by molar-refractivity contribution is -0.504. The van der Waals surface area contributed by atoms with Gasteiger partial charge in [-0.05, 0) is 61.0 Å². The molecule has 0 atom stereocenters. The Morgan fingerprint density at radius 1 is 0.974 bits per heavy atom. The van der Waals surface area contributed by atoms with Gasteiger partial charge in [-0.25, -0.2) is 4.79 Å². The van der Waals surface area contributed by atoms with Gasteiger partial charge in [0, 0.05) is 17.2 Å². The van der Waals surface area contributed by atoms with E-state index in [0.29, 0.717) is 29.2 Å². The van der Waals surface area contributed by atoms with Crippen LogP contribution in [0.3, 0.4) is 0 Å². The smallest absolute Gasteiger partial charge is 0.341 e. The number of hydrogen-bond acceptors (Lipinski definition) is 5. The lowest BCUT2D eigenvalue weighted by Gasteiger charge is -2.14. The van der Waals surface area contributed by atoms with Crippen molar-refractivity contribution in [3.05, 3.63) is 124 Å². The Bertz CT molecular complexity index is 1730. The zero-order chi connectivity index (χ0) is 26.6. The van der Waals surface area contributed by atoms with Crippen molar-refractivity contribution in [2.24, 2.45) is 0 Å². The van der Waals surface area contributed by atoms with Crippen molar-refractivity contribution in [2.45, 2.75) is 20.1 Å². The maximum atomic E-state index is 13.6. The molecule has 0 aliphatic carbocycles. The van der Waals surface area contributed by atoms with E-state index in [9.17, 15) is 15.2 Å². The van der Waals surface area contributed by atoms with Crippen molar-refractivity contribution in [3.8, 4) is 34.6 Å². The summed E-state index contributed by atoms with van der Waals surface area (Å²) in [6, 6.07) is 27.6. The highest BCUT2D eigenvalue weighted by Crippen LogP contribution is 2.30. The number of pyridine rings is 1. The van der Waals surface area contributed by atoms with E-state index in [1.54, 1.807) is 42.0 Å². The number of methoxy groups -OCH3 is 1. The van der Waals surface area contributed by atoms with Crippen molar-refractivity contribution in [1.82, 2.24) is 4.57 Å². The van der Waals surface area contributed by atoms with Gasteiger partial charge in [0.15, 0.2) is 17.2 Å². The van der Waals surface area contributed by atoms with Crippen molar-refractivity contribution < 1.29 is 19.0 Å². The van der Waals surface area contributed by atoms with E-state index in [0.717, 1.165) is 28.0 Å². The summed E-state index contributed by atoms with van der Waals surface area (Å²) in [4.78, 5) is 13.6. The maximum Gasteiger partial charge on any atom is 0.341 e. The number of aromatic nitrogens is 2. The van der Waals surface area contributed by atoms with Gasteiger partial charge in [-0.2, -0.15) is 14.2 Å². The molecule has 0 bridgehead atoms. The Balaban J connectivity index is 1.50. The van der Waals surface area contributed by atoms with Crippen LogP contribution in [0.15, 0.2) is 95.9 Å². The minimum absolute atomic E-state index is 0.105. The SMILES string of the molecule is COc1cc(Cn2c(=O)c(C)c(-c3ccc(O)cc3)[n+]3ccccc23)ccc1OCc1ccccc1C#N. The third-order valence-electron chi connectivity index (χ3n) is 6.51. The van der Waals surface area contributed by atoms with Gasteiger partial charge in [-0.1, -0.05) is 30.3 Å². The molecular weight excluding hydrogens is 478 g/mol. The molecule has 0 amide bonds. The molecule has 5 rings (SSSR count). The summed E-state index contributed by atoms with van der Waals surface area (Å²) in [7, 11) is 1.57. The van der Waals surface area contributed by atoms with Crippen LogP contribution in [0.2, 0.25) is 0 Å². The van der Waals surface area contributed by atoms with Crippen molar-refractivity contribution >= 4 is 5.65 Å². The first-order valence-corrected chi connectivity index (χ1v) is 12.1. The second-order valence-corrected chi connectivity index (χ2v) is 8.88. The number of aromatic hydroxyl groups is 1. The Hall–Kier alpha value is -5.09. The largest absolute Gasteiger partial charge is 0.508 e. The number of fused-ring (bicyclic) bond motifs is 1. The third kappa shape index (κ3) is 4.67. The zero-order valence-electron chi connectivity index (χ0n) is 21.1. The van der Waals surface area contributed by atoms with Crippen LogP contribution in [0.25, 0.3) is 16.9 Å². The molecule has 2 aromatic heterocycles. The minimum Gasteiger partial charge on any atom is -0.508 e. The second kappa shape index (κ2) is 10.5. The van der Waals surface area contributed by atoms with E-state index in [2.05, 4.69) is 6.07 Å². The second-order valence-electron chi connectivity index (χ2n) is 8.88. The highest BCUT2D eigenvalue weighted by Gasteiger charge is 2.23. The number of nitriles is 1. The molecule has 0 saturated heterocycles. The summed E-state index contributed by atoms with van der Waals surface area (Å²) in [5, 5.41) is 19.1. The molecule has 0 radical (unpaired) electrons. The molecule has 3 aromatic carbocycles. The van der Waals surface area contributed by atoms with Crippen LogP contribution < -0.4 is 19.4 Å². The fourth-order valence-corrected chi connectivity index (χ4v) is 4.58. The Morgan fingerprint density at radius 2 is 1.74 bits per heavy atom. The summed E-state index contributed by atoms with van der Waals surface area (Å²) in [5.41, 5.74) is 5.08. The first-order valence-electron chi connectivity index (χ1n) is 12.1. The standard InChI is InChI=1S/C31H25N3O4/c1-21-30(23-11-13-26(35)14-12-23)33-16-6-5-9-29(33)34(31(21)36)19-22-10-15-27(28(17-22)37-2)38-20-25-8-4-3-7-24(25)18-32/h3-17H,19-20H2,1-2H3/p+1. The molecule has 38 heavy (non-hydrogen) atoms.